The van der Waals surface area contributed by atoms with E-state index in [1.807, 2.05) is 24.3 Å². The molecule has 0 unspecified atom stereocenters. The van der Waals surface area contributed by atoms with Gasteiger partial charge in [-0.1, -0.05) is 43.5 Å². The van der Waals surface area contributed by atoms with Gasteiger partial charge in [0, 0.05) is 13.0 Å². The third-order valence-corrected chi connectivity index (χ3v) is 6.39. The molecule has 1 fully saturated rings. The predicted molar refractivity (Wildman–Crippen MR) is 111 cm³/mol. The molecule has 1 amide bonds. The minimum Gasteiger partial charge on any atom is -0.486 e. The van der Waals surface area contributed by atoms with E-state index < -0.39 is 0 Å². The molecule has 1 aliphatic heterocycles. The van der Waals surface area contributed by atoms with E-state index in [0.717, 1.165) is 30.9 Å². The van der Waals surface area contributed by atoms with Crippen molar-refractivity contribution in [1.82, 2.24) is 4.90 Å². The standard InChI is InChI=1S/C24H33NO3/c26-24(15-19-9-3-1-4-10-19)25(16-20-11-5-2-6-12-20)17-21-18-27-22-13-7-8-14-23(22)28-21/h2,5,7-8,13-14,19-21H,1,3-4,6,9-12,15-18H2/t20-,21-/m0/s1. The van der Waals surface area contributed by atoms with Crippen LogP contribution in [0.2, 0.25) is 0 Å². The van der Waals surface area contributed by atoms with E-state index in [2.05, 4.69) is 17.1 Å². The zero-order valence-electron chi connectivity index (χ0n) is 16.9. The third-order valence-electron chi connectivity index (χ3n) is 6.39. The number of amides is 1. The molecule has 1 saturated carbocycles. The van der Waals surface area contributed by atoms with Gasteiger partial charge in [-0.15, -0.1) is 0 Å². The van der Waals surface area contributed by atoms with E-state index >= 15 is 0 Å². The van der Waals surface area contributed by atoms with Crippen LogP contribution in [0.1, 0.15) is 57.8 Å². The summed E-state index contributed by atoms with van der Waals surface area (Å²) in [7, 11) is 0. The smallest absolute Gasteiger partial charge is 0.222 e. The van der Waals surface area contributed by atoms with Crippen molar-refractivity contribution in [3.63, 3.8) is 0 Å². The van der Waals surface area contributed by atoms with Crippen molar-refractivity contribution in [2.24, 2.45) is 11.8 Å². The topological polar surface area (TPSA) is 38.8 Å². The van der Waals surface area contributed by atoms with Crippen LogP contribution in [0.3, 0.4) is 0 Å². The van der Waals surface area contributed by atoms with Crippen LogP contribution >= 0.6 is 0 Å². The highest BCUT2D eigenvalue weighted by molar-refractivity contribution is 5.76. The normalized spacial score (nSPS) is 24.7. The van der Waals surface area contributed by atoms with Crippen molar-refractivity contribution < 1.29 is 14.3 Å². The zero-order chi connectivity index (χ0) is 19.2. The molecule has 1 aromatic carbocycles. The molecular weight excluding hydrogens is 350 g/mol. The quantitative estimate of drug-likeness (QED) is 0.650. The molecule has 1 heterocycles. The van der Waals surface area contributed by atoms with E-state index in [-0.39, 0.29) is 6.10 Å². The van der Waals surface area contributed by atoms with Crippen LogP contribution in [0.5, 0.6) is 11.5 Å². The Balaban J connectivity index is 1.40. The van der Waals surface area contributed by atoms with Crippen molar-refractivity contribution in [2.45, 2.75) is 63.9 Å². The number of allylic oxidation sites excluding steroid dienone is 2. The van der Waals surface area contributed by atoms with Crippen LogP contribution in [0.4, 0.5) is 0 Å². The van der Waals surface area contributed by atoms with Gasteiger partial charge in [0.05, 0.1) is 6.54 Å². The number of carbonyl (C=O) groups is 1. The number of hydrogen-bond acceptors (Lipinski definition) is 3. The van der Waals surface area contributed by atoms with Crippen LogP contribution in [0, 0.1) is 11.8 Å². The van der Waals surface area contributed by atoms with Gasteiger partial charge >= 0.3 is 0 Å². The molecule has 4 nitrogen and oxygen atoms in total. The number of benzene rings is 1. The van der Waals surface area contributed by atoms with E-state index in [1.54, 1.807) is 0 Å². The minimum absolute atomic E-state index is 0.0932. The fourth-order valence-corrected chi connectivity index (χ4v) is 4.78. The van der Waals surface area contributed by atoms with Gasteiger partial charge in [-0.25, -0.2) is 0 Å². The molecule has 0 saturated heterocycles. The molecule has 0 radical (unpaired) electrons. The predicted octanol–water partition coefficient (Wildman–Crippen LogP) is 4.98. The number of hydrogen-bond donors (Lipinski definition) is 0. The molecule has 0 aromatic heterocycles. The fourth-order valence-electron chi connectivity index (χ4n) is 4.78. The van der Waals surface area contributed by atoms with Crippen LogP contribution in [0.25, 0.3) is 0 Å². The fraction of sp³-hybridized carbons (Fsp3) is 0.625. The Bertz CT molecular complexity index is 680. The Morgan fingerprint density at radius 3 is 2.57 bits per heavy atom. The van der Waals surface area contributed by atoms with Gasteiger partial charge in [0.2, 0.25) is 5.91 Å². The average Bonchev–Trinajstić information content (AvgIpc) is 2.74. The minimum atomic E-state index is -0.0932. The average molecular weight is 384 g/mol. The Morgan fingerprint density at radius 2 is 1.79 bits per heavy atom. The summed E-state index contributed by atoms with van der Waals surface area (Å²) < 4.78 is 12.0. The Labute approximate surface area is 168 Å². The summed E-state index contributed by atoms with van der Waals surface area (Å²) in [6.45, 7) is 1.98. The molecule has 4 rings (SSSR count). The zero-order valence-corrected chi connectivity index (χ0v) is 16.9. The SMILES string of the molecule is O=C(CC1CCCCC1)N(C[C@H]1CC=CCC1)C[C@H]1COc2ccccc2O1. The van der Waals surface area contributed by atoms with Gasteiger partial charge in [-0.3, -0.25) is 4.79 Å². The second-order valence-electron chi connectivity index (χ2n) is 8.65. The lowest BCUT2D eigenvalue weighted by atomic mass is 9.86. The van der Waals surface area contributed by atoms with Crippen molar-refractivity contribution in [1.29, 1.82) is 0 Å². The van der Waals surface area contributed by atoms with Gasteiger partial charge in [-0.05, 0) is 56.1 Å². The van der Waals surface area contributed by atoms with E-state index in [0.29, 0.717) is 37.3 Å². The number of rotatable bonds is 6. The van der Waals surface area contributed by atoms with Gasteiger partial charge in [-0.2, -0.15) is 0 Å². The number of para-hydroxylation sites is 2. The molecule has 28 heavy (non-hydrogen) atoms. The van der Waals surface area contributed by atoms with Crippen molar-refractivity contribution in [3.8, 4) is 11.5 Å². The number of fused-ring (bicyclic) bond motifs is 1. The van der Waals surface area contributed by atoms with Gasteiger partial charge < -0.3 is 14.4 Å². The number of ether oxygens (including phenoxy) is 2. The van der Waals surface area contributed by atoms with E-state index in [9.17, 15) is 4.79 Å². The highest BCUT2D eigenvalue weighted by Gasteiger charge is 2.28. The van der Waals surface area contributed by atoms with Crippen LogP contribution < -0.4 is 9.47 Å². The lowest BCUT2D eigenvalue weighted by Crippen LogP contribution is -2.46. The highest BCUT2D eigenvalue weighted by Crippen LogP contribution is 2.32. The second-order valence-corrected chi connectivity index (χ2v) is 8.65. The molecule has 0 bridgehead atoms. The maximum Gasteiger partial charge on any atom is 0.222 e. The Kier molecular flexibility index (Phi) is 6.56. The third kappa shape index (κ3) is 5.09. The maximum absolute atomic E-state index is 13.2. The van der Waals surface area contributed by atoms with Crippen molar-refractivity contribution in [2.75, 3.05) is 19.7 Å². The van der Waals surface area contributed by atoms with Gasteiger partial charge in [0.1, 0.15) is 6.61 Å². The highest BCUT2D eigenvalue weighted by atomic mass is 16.6. The largest absolute Gasteiger partial charge is 0.486 e. The molecule has 152 valence electrons. The lowest BCUT2D eigenvalue weighted by Gasteiger charge is -2.34. The van der Waals surface area contributed by atoms with Crippen LogP contribution in [0.15, 0.2) is 36.4 Å². The van der Waals surface area contributed by atoms with Crippen molar-refractivity contribution in [3.05, 3.63) is 36.4 Å². The first-order valence-corrected chi connectivity index (χ1v) is 11.1. The molecule has 0 N–H and O–H groups in total. The summed E-state index contributed by atoms with van der Waals surface area (Å²) in [4.78, 5) is 15.3. The number of nitrogens with zero attached hydrogens (tertiary/aromatic N) is 1. The van der Waals surface area contributed by atoms with Crippen LogP contribution in [-0.2, 0) is 4.79 Å². The summed E-state index contributed by atoms with van der Waals surface area (Å²) in [6.07, 6.45) is 14.8. The monoisotopic (exact) mass is 383 g/mol. The Hall–Kier alpha value is -1.97. The second kappa shape index (κ2) is 9.49. The summed E-state index contributed by atoms with van der Waals surface area (Å²) in [5.74, 6) is 3.04. The van der Waals surface area contributed by atoms with E-state index in [1.165, 1.54) is 38.5 Å². The molecule has 2 aliphatic carbocycles. The first-order valence-electron chi connectivity index (χ1n) is 11.1. The number of carbonyl (C=O) groups excluding carboxylic acids is 1. The first-order chi connectivity index (χ1) is 13.8. The molecule has 4 heteroatoms. The van der Waals surface area contributed by atoms with Gasteiger partial charge in [0.15, 0.2) is 17.6 Å². The van der Waals surface area contributed by atoms with E-state index in [4.69, 9.17) is 9.47 Å². The maximum atomic E-state index is 13.2. The molecule has 3 aliphatic rings. The van der Waals surface area contributed by atoms with Crippen LogP contribution in [-0.4, -0.2) is 36.6 Å². The summed E-state index contributed by atoms with van der Waals surface area (Å²) in [6, 6.07) is 7.80. The molecule has 2 atom stereocenters. The lowest BCUT2D eigenvalue weighted by molar-refractivity contribution is -0.134. The van der Waals surface area contributed by atoms with Crippen molar-refractivity contribution >= 4 is 5.91 Å². The Morgan fingerprint density at radius 1 is 0.964 bits per heavy atom. The summed E-state index contributed by atoms with van der Waals surface area (Å²) in [5.41, 5.74) is 0. The van der Waals surface area contributed by atoms with Gasteiger partial charge in [0.25, 0.3) is 0 Å². The first kappa shape index (κ1) is 19.4. The molecule has 0 spiro atoms. The molecular formula is C24H33NO3. The summed E-state index contributed by atoms with van der Waals surface area (Å²) >= 11 is 0. The molecule has 1 aromatic rings. The summed E-state index contributed by atoms with van der Waals surface area (Å²) in [5, 5.41) is 0.